The molecule has 0 saturated heterocycles. The number of rotatable bonds is 5. The van der Waals surface area contributed by atoms with Crippen molar-refractivity contribution in [1.82, 2.24) is 5.32 Å². The van der Waals surface area contributed by atoms with Crippen LogP contribution in [0.1, 0.15) is 18.2 Å². The molecule has 1 aromatic heterocycles. The Morgan fingerprint density at radius 2 is 2.29 bits per heavy atom. The molecule has 0 spiro atoms. The van der Waals surface area contributed by atoms with Crippen molar-refractivity contribution in [3.63, 3.8) is 0 Å². The van der Waals surface area contributed by atoms with Gasteiger partial charge in [0.1, 0.15) is 0 Å². The summed E-state index contributed by atoms with van der Waals surface area (Å²) in [5.41, 5.74) is 0. The van der Waals surface area contributed by atoms with Gasteiger partial charge in [-0.1, -0.05) is 11.6 Å². The monoisotopic (exact) mass is 227 g/mol. The minimum atomic E-state index is 0.872. The number of thiophene rings is 1. The molecular formula is C11H14ClNS. The van der Waals surface area contributed by atoms with Gasteiger partial charge in [-0.3, -0.25) is 0 Å². The van der Waals surface area contributed by atoms with Crippen molar-refractivity contribution < 1.29 is 0 Å². The van der Waals surface area contributed by atoms with Gasteiger partial charge in [-0.25, -0.2) is 0 Å². The second kappa shape index (κ2) is 6.89. The molecule has 14 heavy (non-hydrogen) atoms. The standard InChI is InChI=1S/C11H14ClNS/c1-2-3-4-8-13-9-7-10-5-6-11(12)14-10/h5-6,13H,4,7-9H2,1H3. The van der Waals surface area contributed by atoms with Gasteiger partial charge in [-0.2, -0.15) is 0 Å². The average molecular weight is 228 g/mol. The maximum absolute atomic E-state index is 5.82. The van der Waals surface area contributed by atoms with E-state index in [1.165, 1.54) is 4.88 Å². The lowest BCUT2D eigenvalue weighted by atomic mass is 10.3. The Kier molecular flexibility index (Phi) is 5.70. The fourth-order valence-corrected chi connectivity index (χ4v) is 2.19. The van der Waals surface area contributed by atoms with Gasteiger partial charge in [0, 0.05) is 17.8 Å². The van der Waals surface area contributed by atoms with Crippen LogP contribution >= 0.6 is 22.9 Å². The van der Waals surface area contributed by atoms with Gasteiger partial charge < -0.3 is 5.32 Å². The summed E-state index contributed by atoms with van der Waals surface area (Å²) in [6.07, 6.45) is 1.98. The van der Waals surface area contributed by atoms with E-state index in [0.717, 1.165) is 30.3 Å². The van der Waals surface area contributed by atoms with E-state index in [2.05, 4.69) is 23.2 Å². The van der Waals surface area contributed by atoms with E-state index in [-0.39, 0.29) is 0 Å². The second-order valence-corrected chi connectivity index (χ2v) is 4.68. The van der Waals surface area contributed by atoms with Crippen LogP contribution in [0.5, 0.6) is 0 Å². The second-order valence-electron chi connectivity index (χ2n) is 2.88. The number of hydrogen-bond acceptors (Lipinski definition) is 2. The molecule has 0 fully saturated rings. The minimum absolute atomic E-state index is 0.872. The molecule has 0 amide bonds. The lowest BCUT2D eigenvalue weighted by molar-refractivity contribution is 0.698. The minimum Gasteiger partial charge on any atom is -0.315 e. The molecule has 0 aromatic carbocycles. The first-order valence-corrected chi connectivity index (χ1v) is 5.87. The summed E-state index contributed by atoms with van der Waals surface area (Å²) in [5, 5.41) is 3.34. The summed E-state index contributed by atoms with van der Waals surface area (Å²) in [4.78, 5) is 1.34. The molecule has 76 valence electrons. The average Bonchev–Trinajstić information content (AvgIpc) is 2.58. The van der Waals surface area contributed by atoms with Crippen LogP contribution in [-0.2, 0) is 6.42 Å². The maximum Gasteiger partial charge on any atom is 0.0931 e. The third kappa shape index (κ3) is 4.66. The van der Waals surface area contributed by atoms with Crippen LogP contribution in [0.25, 0.3) is 0 Å². The van der Waals surface area contributed by atoms with E-state index in [0.29, 0.717) is 0 Å². The lowest BCUT2D eigenvalue weighted by Gasteiger charge is -1.99. The Morgan fingerprint density at radius 1 is 1.43 bits per heavy atom. The molecule has 1 rings (SSSR count). The van der Waals surface area contributed by atoms with Crippen molar-refractivity contribution in [2.45, 2.75) is 19.8 Å². The molecule has 0 aliphatic heterocycles. The fourth-order valence-electron chi connectivity index (χ4n) is 1.10. The van der Waals surface area contributed by atoms with Gasteiger partial charge in [0.25, 0.3) is 0 Å². The highest BCUT2D eigenvalue weighted by Crippen LogP contribution is 2.21. The number of halogens is 1. The highest BCUT2D eigenvalue weighted by Gasteiger charge is 1.96. The van der Waals surface area contributed by atoms with Crippen LogP contribution in [0.4, 0.5) is 0 Å². The molecule has 0 bridgehead atoms. The van der Waals surface area contributed by atoms with Crippen LogP contribution in [-0.4, -0.2) is 13.1 Å². The third-order valence-electron chi connectivity index (χ3n) is 1.78. The quantitative estimate of drug-likeness (QED) is 0.603. The zero-order chi connectivity index (χ0) is 10.2. The van der Waals surface area contributed by atoms with Gasteiger partial charge in [0.2, 0.25) is 0 Å². The molecular weight excluding hydrogens is 214 g/mol. The molecule has 0 radical (unpaired) electrons. The van der Waals surface area contributed by atoms with Crippen molar-refractivity contribution in [2.75, 3.05) is 13.1 Å². The first kappa shape index (κ1) is 11.6. The van der Waals surface area contributed by atoms with Crippen molar-refractivity contribution in [2.24, 2.45) is 0 Å². The Balaban J connectivity index is 2.06. The molecule has 1 nitrogen and oxygen atoms in total. The Bertz CT molecular complexity index is 322. The van der Waals surface area contributed by atoms with Gasteiger partial charge in [-0.15, -0.1) is 23.2 Å². The van der Waals surface area contributed by atoms with Crippen LogP contribution in [0.3, 0.4) is 0 Å². The van der Waals surface area contributed by atoms with Gasteiger partial charge in [0.15, 0.2) is 0 Å². The largest absolute Gasteiger partial charge is 0.315 e. The van der Waals surface area contributed by atoms with Crippen molar-refractivity contribution in [3.8, 4) is 11.8 Å². The highest BCUT2D eigenvalue weighted by atomic mass is 35.5. The molecule has 3 heteroatoms. The first-order chi connectivity index (χ1) is 6.83. The van der Waals surface area contributed by atoms with Gasteiger partial charge >= 0.3 is 0 Å². The summed E-state index contributed by atoms with van der Waals surface area (Å²) < 4.78 is 0.872. The molecule has 1 aromatic rings. The van der Waals surface area contributed by atoms with E-state index < -0.39 is 0 Å². The number of nitrogens with one attached hydrogen (secondary N) is 1. The Labute approximate surface area is 94.5 Å². The fraction of sp³-hybridized carbons (Fsp3) is 0.455. The van der Waals surface area contributed by atoms with Gasteiger partial charge in [0.05, 0.1) is 4.34 Å². The summed E-state index contributed by atoms with van der Waals surface area (Å²) in [7, 11) is 0. The first-order valence-electron chi connectivity index (χ1n) is 4.67. The molecule has 1 N–H and O–H groups in total. The third-order valence-corrected chi connectivity index (χ3v) is 3.07. The van der Waals surface area contributed by atoms with Crippen LogP contribution in [0.2, 0.25) is 4.34 Å². The molecule has 0 unspecified atom stereocenters. The molecule has 0 aliphatic rings. The number of hydrogen-bond donors (Lipinski definition) is 1. The smallest absolute Gasteiger partial charge is 0.0931 e. The summed E-state index contributed by atoms with van der Waals surface area (Å²) >= 11 is 7.48. The Morgan fingerprint density at radius 3 is 2.93 bits per heavy atom. The summed E-state index contributed by atoms with van der Waals surface area (Å²) in [6, 6.07) is 4.03. The van der Waals surface area contributed by atoms with Crippen LogP contribution in [0.15, 0.2) is 12.1 Å². The van der Waals surface area contributed by atoms with E-state index in [4.69, 9.17) is 11.6 Å². The molecule has 0 atom stereocenters. The van der Waals surface area contributed by atoms with Crippen LogP contribution < -0.4 is 5.32 Å². The van der Waals surface area contributed by atoms with Crippen molar-refractivity contribution in [1.29, 1.82) is 0 Å². The normalized spacial score (nSPS) is 9.57. The van der Waals surface area contributed by atoms with E-state index in [9.17, 15) is 0 Å². The van der Waals surface area contributed by atoms with Crippen LogP contribution in [0, 0.1) is 11.8 Å². The van der Waals surface area contributed by atoms with E-state index in [1.54, 1.807) is 11.3 Å². The highest BCUT2D eigenvalue weighted by molar-refractivity contribution is 7.16. The summed E-state index contributed by atoms with van der Waals surface area (Å²) in [5.74, 6) is 5.89. The molecule has 0 aliphatic carbocycles. The molecule has 0 saturated carbocycles. The van der Waals surface area contributed by atoms with Crippen molar-refractivity contribution >= 4 is 22.9 Å². The van der Waals surface area contributed by atoms with E-state index in [1.807, 2.05) is 13.0 Å². The SMILES string of the molecule is CC#CCCNCCc1ccc(Cl)s1. The lowest BCUT2D eigenvalue weighted by Crippen LogP contribution is -2.17. The zero-order valence-corrected chi connectivity index (χ0v) is 9.84. The zero-order valence-electron chi connectivity index (χ0n) is 8.27. The predicted octanol–water partition coefficient (Wildman–Crippen LogP) is 2.95. The van der Waals surface area contributed by atoms with Crippen molar-refractivity contribution in [3.05, 3.63) is 21.3 Å². The van der Waals surface area contributed by atoms with Gasteiger partial charge in [-0.05, 0) is 32.0 Å². The topological polar surface area (TPSA) is 12.0 Å². The maximum atomic E-state index is 5.82. The summed E-state index contributed by atoms with van der Waals surface area (Å²) in [6.45, 7) is 3.84. The van der Waals surface area contributed by atoms with E-state index >= 15 is 0 Å². The predicted molar refractivity (Wildman–Crippen MR) is 64.0 cm³/mol. The Hall–Kier alpha value is -0.490. The molecule has 1 heterocycles.